The van der Waals surface area contributed by atoms with Crippen LogP contribution < -0.4 is 10.0 Å². The lowest BCUT2D eigenvalue weighted by molar-refractivity contribution is 0.343. The first kappa shape index (κ1) is 15.5. The molecule has 0 radical (unpaired) electrons. The monoisotopic (exact) mass is 296 g/mol. The van der Waals surface area contributed by atoms with Crippen molar-refractivity contribution in [3.05, 3.63) is 35.9 Å². The largest absolute Gasteiger partial charge is 0.317 e. The van der Waals surface area contributed by atoms with E-state index >= 15 is 0 Å². The van der Waals surface area contributed by atoms with E-state index in [4.69, 9.17) is 0 Å². The summed E-state index contributed by atoms with van der Waals surface area (Å²) in [5, 5.41) is 3.26. The van der Waals surface area contributed by atoms with Crippen LogP contribution in [0.4, 0.5) is 0 Å². The van der Waals surface area contributed by atoms with E-state index in [0.29, 0.717) is 12.5 Å². The minimum Gasteiger partial charge on any atom is -0.317 e. The van der Waals surface area contributed by atoms with Crippen molar-refractivity contribution in [2.24, 2.45) is 0 Å². The second-order valence-corrected chi connectivity index (χ2v) is 7.38. The van der Waals surface area contributed by atoms with E-state index in [9.17, 15) is 8.42 Å². The van der Waals surface area contributed by atoms with Crippen molar-refractivity contribution < 1.29 is 8.42 Å². The highest BCUT2D eigenvalue weighted by Crippen LogP contribution is 2.19. The first-order valence-corrected chi connectivity index (χ1v) is 8.95. The van der Waals surface area contributed by atoms with E-state index in [-0.39, 0.29) is 11.8 Å². The molecule has 0 amide bonds. The van der Waals surface area contributed by atoms with Gasteiger partial charge in [0.25, 0.3) is 0 Å². The van der Waals surface area contributed by atoms with Crippen LogP contribution in [0.2, 0.25) is 0 Å². The van der Waals surface area contributed by atoms with E-state index in [1.807, 2.05) is 37.4 Å². The molecule has 1 aliphatic rings. The predicted molar refractivity (Wildman–Crippen MR) is 82.2 cm³/mol. The zero-order valence-corrected chi connectivity index (χ0v) is 12.8. The van der Waals surface area contributed by atoms with Gasteiger partial charge in [-0.15, -0.1) is 0 Å². The third kappa shape index (κ3) is 4.89. The standard InChI is InChI=1S/C15H24N2O2S/c1-16-14-7-9-15(10-8-14)17-20(18,19)12-11-13-5-3-2-4-6-13/h2-6,14-17H,7-12H2,1H3. The highest BCUT2D eigenvalue weighted by atomic mass is 32.2. The van der Waals surface area contributed by atoms with Crippen LogP contribution in [0.5, 0.6) is 0 Å². The molecule has 5 heteroatoms. The van der Waals surface area contributed by atoms with Gasteiger partial charge < -0.3 is 5.32 Å². The maximum atomic E-state index is 12.1. The van der Waals surface area contributed by atoms with Gasteiger partial charge in [-0.2, -0.15) is 0 Å². The molecule has 112 valence electrons. The Morgan fingerprint density at radius 1 is 1.05 bits per heavy atom. The van der Waals surface area contributed by atoms with Crippen LogP contribution in [-0.4, -0.2) is 33.3 Å². The average molecular weight is 296 g/mol. The lowest BCUT2D eigenvalue weighted by atomic mass is 9.92. The van der Waals surface area contributed by atoms with E-state index in [1.165, 1.54) is 0 Å². The van der Waals surface area contributed by atoms with Gasteiger partial charge in [-0.3, -0.25) is 0 Å². The first-order chi connectivity index (χ1) is 9.59. The lowest BCUT2D eigenvalue weighted by Gasteiger charge is -2.28. The van der Waals surface area contributed by atoms with E-state index in [2.05, 4.69) is 10.0 Å². The molecule has 0 bridgehead atoms. The van der Waals surface area contributed by atoms with Crippen LogP contribution >= 0.6 is 0 Å². The third-order valence-corrected chi connectivity index (χ3v) is 5.42. The fourth-order valence-electron chi connectivity index (χ4n) is 2.71. The summed E-state index contributed by atoms with van der Waals surface area (Å²) >= 11 is 0. The molecule has 2 rings (SSSR count). The Bertz CT molecular complexity index is 494. The molecule has 1 aliphatic carbocycles. The zero-order valence-electron chi connectivity index (χ0n) is 12.0. The van der Waals surface area contributed by atoms with Gasteiger partial charge in [-0.25, -0.2) is 13.1 Å². The van der Waals surface area contributed by atoms with Crippen molar-refractivity contribution in [3.63, 3.8) is 0 Å². The number of sulfonamides is 1. The quantitative estimate of drug-likeness (QED) is 0.840. The molecular weight excluding hydrogens is 272 g/mol. The minimum atomic E-state index is -3.17. The summed E-state index contributed by atoms with van der Waals surface area (Å²) in [6.07, 6.45) is 4.51. The van der Waals surface area contributed by atoms with Gasteiger partial charge in [0.05, 0.1) is 5.75 Å². The molecule has 1 saturated carbocycles. The fourth-order valence-corrected chi connectivity index (χ4v) is 4.08. The van der Waals surface area contributed by atoms with Crippen LogP contribution in [0.3, 0.4) is 0 Å². The summed E-state index contributed by atoms with van der Waals surface area (Å²) in [5.41, 5.74) is 1.07. The SMILES string of the molecule is CNC1CCC(NS(=O)(=O)CCc2ccccc2)CC1. The lowest BCUT2D eigenvalue weighted by Crippen LogP contribution is -2.42. The molecular formula is C15H24N2O2S. The van der Waals surface area contributed by atoms with Crippen molar-refractivity contribution in [2.45, 2.75) is 44.2 Å². The van der Waals surface area contributed by atoms with Crippen LogP contribution in [0.25, 0.3) is 0 Å². The normalized spacial score (nSPS) is 23.6. The highest BCUT2D eigenvalue weighted by molar-refractivity contribution is 7.89. The second-order valence-electron chi connectivity index (χ2n) is 5.51. The molecule has 0 unspecified atom stereocenters. The summed E-state index contributed by atoms with van der Waals surface area (Å²) < 4.78 is 27.0. The molecule has 1 aromatic carbocycles. The number of hydrogen-bond donors (Lipinski definition) is 2. The second kappa shape index (κ2) is 7.20. The van der Waals surface area contributed by atoms with Crippen molar-refractivity contribution in [3.8, 4) is 0 Å². The number of rotatable bonds is 6. The topological polar surface area (TPSA) is 58.2 Å². The number of aryl methyl sites for hydroxylation is 1. The molecule has 0 aromatic heterocycles. The molecule has 0 heterocycles. The summed E-state index contributed by atoms with van der Waals surface area (Å²) in [4.78, 5) is 0. The molecule has 1 aromatic rings. The Labute approximate surface area is 122 Å². The zero-order chi connectivity index (χ0) is 14.4. The number of benzene rings is 1. The van der Waals surface area contributed by atoms with Gasteiger partial charge in [0, 0.05) is 12.1 Å². The van der Waals surface area contributed by atoms with E-state index in [1.54, 1.807) is 0 Å². The molecule has 0 atom stereocenters. The van der Waals surface area contributed by atoms with E-state index < -0.39 is 10.0 Å². The van der Waals surface area contributed by atoms with Gasteiger partial charge in [-0.05, 0) is 44.7 Å². The summed E-state index contributed by atoms with van der Waals surface area (Å²) in [5.74, 6) is 0.170. The van der Waals surface area contributed by atoms with Gasteiger partial charge >= 0.3 is 0 Å². The van der Waals surface area contributed by atoms with Gasteiger partial charge in [0.2, 0.25) is 10.0 Å². The number of nitrogens with one attached hydrogen (secondary N) is 2. The minimum absolute atomic E-state index is 0.111. The van der Waals surface area contributed by atoms with Gasteiger partial charge in [0.15, 0.2) is 0 Å². The average Bonchev–Trinajstić information content (AvgIpc) is 2.47. The van der Waals surface area contributed by atoms with E-state index in [0.717, 1.165) is 31.2 Å². The Morgan fingerprint density at radius 3 is 2.25 bits per heavy atom. The molecule has 1 fully saturated rings. The predicted octanol–water partition coefficient (Wildman–Crippen LogP) is 1.68. The summed E-state index contributed by atoms with van der Waals surface area (Å²) in [7, 11) is -1.21. The molecule has 0 saturated heterocycles. The fraction of sp³-hybridized carbons (Fsp3) is 0.600. The van der Waals surface area contributed by atoms with Crippen molar-refractivity contribution >= 4 is 10.0 Å². The van der Waals surface area contributed by atoms with Crippen LogP contribution in [0.1, 0.15) is 31.2 Å². The van der Waals surface area contributed by atoms with Gasteiger partial charge in [-0.1, -0.05) is 30.3 Å². The molecule has 4 nitrogen and oxygen atoms in total. The van der Waals surface area contributed by atoms with Crippen LogP contribution in [-0.2, 0) is 16.4 Å². The summed E-state index contributed by atoms with van der Waals surface area (Å²) in [6, 6.07) is 10.4. The number of hydrogen-bond acceptors (Lipinski definition) is 3. The van der Waals surface area contributed by atoms with Crippen molar-refractivity contribution in [2.75, 3.05) is 12.8 Å². The third-order valence-electron chi connectivity index (χ3n) is 3.98. The Kier molecular flexibility index (Phi) is 5.57. The van der Waals surface area contributed by atoms with Crippen molar-refractivity contribution in [1.29, 1.82) is 0 Å². The highest BCUT2D eigenvalue weighted by Gasteiger charge is 2.23. The van der Waals surface area contributed by atoms with Gasteiger partial charge in [0.1, 0.15) is 0 Å². The molecule has 2 N–H and O–H groups in total. The van der Waals surface area contributed by atoms with Crippen LogP contribution in [0.15, 0.2) is 30.3 Å². The molecule has 0 aliphatic heterocycles. The maximum Gasteiger partial charge on any atom is 0.212 e. The Morgan fingerprint density at radius 2 is 1.65 bits per heavy atom. The first-order valence-electron chi connectivity index (χ1n) is 7.30. The Hall–Kier alpha value is -0.910. The van der Waals surface area contributed by atoms with Crippen LogP contribution in [0, 0.1) is 0 Å². The maximum absolute atomic E-state index is 12.1. The smallest absolute Gasteiger partial charge is 0.212 e. The molecule has 20 heavy (non-hydrogen) atoms. The Balaban J connectivity index is 1.79. The van der Waals surface area contributed by atoms with Crippen molar-refractivity contribution in [1.82, 2.24) is 10.0 Å². The molecule has 0 spiro atoms. The summed E-state index contributed by atoms with van der Waals surface area (Å²) in [6.45, 7) is 0.